The standard InChI is InChI=1S/C48H70O6/c1-34(20-14-15-21-35(2)23-17-26-37(4)29-31-41-39(6)28-19-33-47(41,8)9)22-16-24-36(3)25-18-27-38(5)30-32-42(48(10,11)50)54-46-45(52-13)43(49)44(51-12)40(7)53-46/h14-18,20-27,29-32,40,42-46,49-50H,19,28,33H2,1-13H3/b15-14+,22-16+,23-17+,25-18+,31-29+,32-30+,34-20+,35-21+,36-24+,37-26+,38-27+/t40-,42-,43+,44+,45-,46-/m0/s1. The smallest absolute Gasteiger partial charge is 0.187 e. The van der Waals surface area contributed by atoms with Crippen LogP contribution in [0.3, 0.4) is 0 Å². The Balaban J connectivity index is 1.92. The molecule has 2 aliphatic rings. The molecular weight excluding hydrogens is 673 g/mol. The number of aliphatic hydroxyl groups is 2. The van der Waals surface area contributed by atoms with E-state index >= 15 is 0 Å². The molecule has 2 N–H and O–H groups in total. The maximum atomic E-state index is 10.8. The summed E-state index contributed by atoms with van der Waals surface area (Å²) in [7, 11) is 3.01. The van der Waals surface area contributed by atoms with Gasteiger partial charge in [-0.05, 0) is 92.6 Å². The molecular formula is C48H70O6. The van der Waals surface area contributed by atoms with Crippen LogP contribution in [0.15, 0.2) is 142 Å². The second-order valence-electron chi connectivity index (χ2n) is 16.0. The summed E-state index contributed by atoms with van der Waals surface area (Å²) >= 11 is 0. The van der Waals surface area contributed by atoms with E-state index in [-0.39, 0.29) is 5.41 Å². The fraction of sp³-hybridized carbons (Fsp3) is 0.500. The minimum absolute atomic E-state index is 0.264. The van der Waals surface area contributed by atoms with Gasteiger partial charge in [-0.3, -0.25) is 0 Å². The van der Waals surface area contributed by atoms with Crippen molar-refractivity contribution in [1.82, 2.24) is 0 Å². The van der Waals surface area contributed by atoms with Crippen LogP contribution < -0.4 is 0 Å². The highest BCUT2D eigenvalue weighted by molar-refractivity contribution is 5.37. The zero-order valence-corrected chi connectivity index (χ0v) is 35.4. The summed E-state index contributed by atoms with van der Waals surface area (Å²) in [6.45, 7) is 22.5. The topological polar surface area (TPSA) is 77.4 Å². The molecule has 0 radical (unpaired) electrons. The van der Waals surface area contributed by atoms with Gasteiger partial charge in [-0.2, -0.15) is 0 Å². The van der Waals surface area contributed by atoms with Gasteiger partial charge >= 0.3 is 0 Å². The molecule has 54 heavy (non-hydrogen) atoms. The number of hydrogen-bond donors (Lipinski definition) is 2. The molecule has 0 saturated carbocycles. The van der Waals surface area contributed by atoms with E-state index in [9.17, 15) is 10.2 Å². The highest BCUT2D eigenvalue weighted by atomic mass is 16.7. The summed E-state index contributed by atoms with van der Waals surface area (Å²) in [5.41, 5.74) is 7.75. The molecule has 1 aliphatic heterocycles. The zero-order chi connectivity index (χ0) is 40.5. The van der Waals surface area contributed by atoms with E-state index in [1.54, 1.807) is 19.9 Å². The van der Waals surface area contributed by atoms with Crippen molar-refractivity contribution in [2.75, 3.05) is 14.2 Å². The van der Waals surface area contributed by atoms with Gasteiger partial charge in [-0.15, -0.1) is 0 Å². The highest BCUT2D eigenvalue weighted by Crippen LogP contribution is 2.40. The normalized spacial score (nSPS) is 26.6. The van der Waals surface area contributed by atoms with Crippen molar-refractivity contribution in [1.29, 1.82) is 0 Å². The predicted octanol–water partition coefficient (Wildman–Crippen LogP) is 10.9. The fourth-order valence-electron chi connectivity index (χ4n) is 6.49. The molecule has 1 aliphatic carbocycles. The Kier molecular flexibility index (Phi) is 19.8. The van der Waals surface area contributed by atoms with Crippen molar-refractivity contribution in [3.05, 3.63) is 142 Å². The molecule has 6 heteroatoms. The van der Waals surface area contributed by atoms with Crippen LogP contribution in [0.5, 0.6) is 0 Å². The van der Waals surface area contributed by atoms with Crippen molar-refractivity contribution in [3.63, 3.8) is 0 Å². The molecule has 6 atom stereocenters. The van der Waals surface area contributed by atoms with Crippen molar-refractivity contribution in [2.45, 2.75) is 138 Å². The van der Waals surface area contributed by atoms with Crippen molar-refractivity contribution in [2.24, 2.45) is 5.41 Å². The molecule has 6 nitrogen and oxygen atoms in total. The second kappa shape index (κ2) is 22.9. The molecule has 2 rings (SSSR count). The molecule has 298 valence electrons. The molecule has 0 aromatic rings. The molecule has 1 fully saturated rings. The van der Waals surface area contributed by atoms with Gasteiger partial charge < -0.3 is 29.2 Å². The second-order valence-corrected chi connectivity index (χ2v) is 16.0. The molecule has 1 saturated heterocycles. The molecule has 0 aromatic carbocycles. The van der Waals surface area contributed by atoms with Crippen LogP contribution in [0.25, 0.3) is 0 Å². The lowest BCUT2D eigenvalue weighted by atomic mass is 9.72. The molecule has 0 bridgehead atoms. The van der Waals surface area contributed by atoms with Gasteiger partial charge in [0.05, 0.1) is 11.7 Å². The van der Waals surface area contributed by atoms with Gasteiger partial charge in [0.1, 0.15) is 24.4 Å². The molecule has 0 unspecified atom stereocenters. The molecule has 0 spiro atoms. The van der Waals surface area contributed by atoms with E-state index in [1.165, 1.54) is 55.8 Å². The molecule has 0 aromatic heterocycles. The highest BCUT2D eigenvalue weighted by Gasteiger charge is 2.46. The third kappa shape index (κ3) is 16.2. The lowest BCUT2D eigenvalue weighted by Gasteiger charge is -2.44. The van der Waals surface area contributed by atoms with Crippen molar-refractivity contribution < 1.29 is 29.2 Å². The van der Waals surface area contributed by atoms with E-state index in [0.29, 0.717) is 0 Å². The van der Waals surface area contributed by atoms with E-state index in [4.69, 9.17) is 18.9 Å². The average molecular weight is 743 g/mol. The first-order valence-electron chi connectivity index (χ1n) is 19.3. The summed E-state index contributed by atoms with van der Waals surface area (Å²) < 4.78 is 23.0. The quantitative estimate of drug-likeness (QED) is 0.145. The third-order valence-electron chi connectivity index (χ3n) is 9.85. The van der Waals surface area contributed by atoms with Crippen LogP contribution in [0.4, 0.5) is 0 Å². The molecule has 1 heterocycles. The SMILES string of the molecule is CO[C@@H]1[C@H](O[C@@H](/C=C/C(C)=C/C=C/C(C)=C/C=C/C(C)=C/C=C/C=C(C)/C=C/C=C(C)/C=C/C2=C(C)CCCC2(C)C)C(C)(C)O)O[C@@H](C)[C@@H](OC)[C@H]1O. The summed E-state index contributed by atoms with van der Waals surface area (Å²) in [5.74, 6) is 0. The Morgan fingerprint density at radius 1 is 0.759 bits per heavy atom. The molecule has 0 amide bonds. The van der Waals surface area contributed by atoms with E-state index in [0.717, 1.165) is 16.7 Å². The van der Waals surface area contributed by atoms with Crippen molar-refractivity contribution in [3.8, 4) is 0 Å². The van der Waals surface area contributed by atoms with Crippen LogP contribution in [0, 0.1) is 5.41 Å². The maximum absolute atomic E-state index is 10.8. The lowest BCUT2D eigenvalue weighted by Crippen LogP contribution is -2.60. The number of methoxy groups -OCH3 is 2. The minimum atomic E-state index is -1.21. The average Bonchev–Trinajstić information content (AvgIpc) is 3.07. The van der Waals surface area contributed by atoms with Crippen LogP contribution in [-0.4, -0.2) is 66.8 Å². The van der Waals surface area contributed by atoms with E-state index < -0.39 is 42.4 Å². The summed E-state index contributed by atoms with van der Waals surface area (Å²) in [4.78, 5) is 0. The summed E-state index contributed by atoms with van der Waals surface area (Å²) in [5, 5.41) is 21.6. The van der Waals surface area contributed by atoms with Crippen LogP contribution in [0.2, 0.25) is 0 Å². The van der Waals surface area contributed by atoms with Crippen LogP contribution >= 0.6 is 0 Å². The monoisotopic (exact) mass is 743 g/mol. The number of hydrogen-bond acceptors (Lipinski definition) is 6. The van der Waals surface area contributed by atoms with Crippen LogP contribution in [0.1, 0.15) is 95.4 Å². The predicted molar refractivity (Wildman–Crippen MR) is 227 cm³/mol. The van der Waals surface area contributed by atoms with Gasteiger partial charge in [0.15, 0.2) is 6.29 Å². The van der Waals surface area contributed by atoms with Gasteiger partial charge in [-0.1, -0.05) is 151 Å². The largest absolute Gasteiger partial charge is 0.387 e. The Morgan fingerprint density at radius 3 is 1.69 bits per heavy atom. The Hall–Kier alpha value is -3.36. The summed E-state index contributed by atoms with van der Waals surface area (Å²) in [6, 6.07) is 0. The minimum Gasteiger partial charge on any atom is -0.387 e. The fourth-order valence-corrected chi connectivity index (χ4v) is 6.49. The maximum Gasteiger partial charge on any atom is 0.187 e. The first kappa shape index (κ1) is 46.8. The van der Waals surface area contributed by atoms with E-state index in [1.807, 2.05) is 44.2 Å². The number of allylic oxidation sites excluding steroid dienone is 23. The van der Waals surface area contributed by atoms with Crippen molar-refractivity contribution >= 4 is 0 Å². The van der Waals surface area contributed by atoms with Gasteiger partial charge in [0, 0.05) is 14.2 Å². The zero-order valence-electron chi connectivity index (χ0n) is 35.4. The van der Waals surface area contributed by atoms with E-state index in [2.05, 4.69) is 115 Å². The first-order valence-corrected chi connectivity index (χ1v) is 19.3. The van der Waals surface area contributed by atoms with Gasteiger partial charge in [0.25, 0.3) is 0 Å². The number of ether oxygens (including phenoxy) is 4. The number of rotatable bonds is 17. The Bertz CT molecular complexity index is 1580. The summed E-state index contributed by atoms with van der Waals surface area (Å²) in [6.07, 6.45) is 34.8. The first-order chi connectivity index (χ1) is 25.4. The van der Waals surface area contributed by atoms with Gasteiger partial charge in [-0.25, -0.2) is 0 Å². The Morgan fingerprint density at radius 2 is 1.22 bits per heavy atom. The Labute approximate surface area is 328 Å². The van der Waals surface area contributed by atoms with Crippen LogP contribution in [-0.2, 0) is 18.9 Å². The number of aliphatic hydroxyl groups excluding tert-OH is 1. The lowest BCUT2D eigenvalue weighted by molar-refractivity contribution is -0.316. The third-order valence-corrected chi connectivity index (χ3v) is 9.85. The van der Waals surface area contributed by atoms with Gasteiger partial charge in [0.2, 0.25) is 0 Å².